The van der Waals surface area contributed by atoms with Gasteiger partial charge in [0.15, 0.2) is 0 Å². The van der Waals surface area contributed by atoms with Crippen LogP contribution < -0.4 is 4.90 Å². The molecule has 0 heterocycles. The van der Waals surface area contributed by atoms with Crippen LogP contribution in [0.5, 0.6) is 0 Å². The van der Waals surface area contributed by atoms with Gasteiger partial charge in [-0.25, -0.2) is 0 Å². The molecule has 0 bridgehead atoms. The summed E-state index contributed by atoms with van der Waals surface area (Å²) < 4.78 is 0. The zero-order valence-electron chi connectivity index (χ0n) is 18.8. The maximum atomic E-state index is 11.7. The van der Waals surface area contributed by atoms with Gasteiger partial charge in [0.1, 0.15) is 25.2 Å². The quantitative estimate of drug-likeness (QED) is 0.502. The van der Waals surface area contributed by atoms with Gasteiger partial charge < -0.3 is 10.0 Å². The van der Waals surface area contributed by atoms with Gasteiger partial charge in [-0.2, -0.15) is 0 Å². The van der Waals surface area contributed by atoms with E-state index in [0.29, 0.717) is 12.3 Å². The molecule has 3 aromatic rings. The molecular weight excluding hydrogens is 390 g/mol. The Balaban J connectivity index is 1.47. The Morgan fingerprint density at radius 2 is 1.22 bits per heavy atom. The molecule has 1 aliphatic rings. The van der Waals surface area contributed by atoms with E-state index in [1.165, 1.54) is 28.9 Å². The van der Waals surface area contributed by atoms with Crippen LogP contribution in [0.4, 0.5) is 0 Å². The van der Waals surface area contributed by atoms with Crippen molar-refractivity contribution in [1.29, 1.82) is 0 Å². The van der Waals surface area contributed by atoms with Crippen LogP contribution in [0.1, 0.15) is 48.8 Å². The van der Waals surface area contributed by atoms with Gasteiger partial charge in [0, 0.05) is 17.5 Å². The lowest BCUT2D eigenvalue weighted by molar-refractivity contribution is -0.920. The first-order valence-corrected chi connectivity index (χ1v) is 11.9. The van der Waals surface area contributed by atoms with Gasteiger partial charge in [0.05, 0.1) is 0 Å². The Hall–Kier alpha value is -2.86. The molecule has 0 amide bonds. The molecule has 2 nitrogen and oxygen atoms in total. The van der Waals surface area contributed by atoms with Crippen molar-refractivity contribution < 1.29 is 10.0 Å². The van der Waals surface area contributed by atoms with Crippen molar-refractivity contribution >= 4 is 0 Å². The van der Waals surface area contributed by atoms with E-state index in [-0.39, 0.29) is 0 Å². The topological polar surface area (TPSA) is 24.7 Å². The van der Waals surface area contributed by atoms with Gasteiger partial charge in [-0.15, -0.1) is 0 Å². The highest BCUT2D eigenvalue weighted by Gasteiger charge is 2.39. The summed E-state index contributed by atoms with van der Waals surface area (Å²) in [4.78, 5) is 1.42. The fraction of sp³-hybridized carbons (Fsp3) is 0.333. The maximum absolute atomic E-state index is 11.7. The van der Waals surface area contributed by atoms with E-state index in [0.717, 1.165) is 38.0 Å². The number of hydrogen-bond acceptors (Lipinski definition) is 1. The number of aliphatic hydroxyl groups is 1. The first-order valence-electron chi connectivity index (χ1n) is 11.9. The van der Waals surface area contributed by atoms with Crippen molar-refractivity contribution in [3.05, 3.63) is 108 Å². The lowest BCUT2D eigenvalue weighted by Gasteiger charge is -2.33. The van der Waals surface area contributed by atoms with Crippen molar-refractivity contribution in [3.63, 3.8) is 0 Å². The molecule has 0 spiro atoms. The third-order valence-corrected chi connectivity index (χ3v) is 6.72. The van der Waals surface area contributed by atoms with E-state index >= 15 is 0 Å². The van der Waals surface area contributed by atoms with Crippen molar-refractivity contribution in [2.45, 2.75) is 50.8 Å². The number of quaternary nitrogens is 1. The second kappa shape index (κ2) is 11.1. The molecule has 0 unspecified atom stereocenters. The van der Waals surface area contributed by atoms with Crippen molar-refractivity contribution in [2.75, 3.05) is 6.54 Å². The van der Waals surface area contributed by atoms with Crippen LogP contribution in [0.25, 0.3) is 0 Å². The largest absolute Gasteiger partial charge is 0.384 e. The van der Waals surface area contributed by atoms with Gasteiger partial charge in [-0.3, -0.25) is 0 Å². The number of rotatable bonds is 8. The molecule has 164 valence electrons. The summed E-state index contributed by atoms with van der Waals surface area (Å²) in [7, 11) is 0. The molecule has 1 saturated carbocycles. The third-order valence-electron chi connectivity index (χ3n) is 6.72. The zero-order valence-corrected chi connectivity index (χ0v) is 18.8. The number of hydrogen-bond donors (Lipinski definition) is 2. The molecule has 1 fully saturated rings. The normalized spacial score (nSPS) is 15.8. The number of nitrogens with one attached hydrogen (secondary N) is 1. The van der Waals surface area contributed by atoms with E-state index in [4.69, 9.17) is 0 Å². The van der Waals surface area contributed by atoms with Gasteiger partial charge in [-0.1, -0.05) is 110 Å². The van der Waals surface area contributed by atoms with E-state index < -0.39 is 5.60 Å². The summed E-state index contributed by atoms with van der Waals surface area (Å²) in [5.41, 5.74) is 2.82. The summed E-state index contributed by atoms with van der Waals surface area (Å²) >= 11 is 0. The van der Waals surface area contributed by atoms with Crippen LogP contribution in [-0.2, 0) is 18.7 Å². The Bertz CT molecular complexity index is 959. The molecule has 0 saturated heterocycles. The summed E-state index contributed by atoms with van der Waals surface area (Å²) in [6.07, 6.45) is 5.10. The van der Waals surface area contributed by atoms with Gasteiger partial charge in [0.25, 0.3) is 0 Å². The van der Waals surface area contributed by atoms with Crippen LogP contribution in [0.2, 0.25) is 0 Å². The molecule has 0 radical (unpaired) electrons. The van der Waals surface area contributed by atoms with Crippen LogP contribution in [0.15, 0.2) is 91.0 Å². The predicted molar refractivity (Wildman–Crippen MR) is 131 cm³/mol. The van der Waals surface area contributed by atoms with Crippen LogP contribution in [0, 0.1) is 17.8 Å². The van der Waals surface area contributed by atoms with Crippen LogP contribution in [-0.4, -0.2) is 11.7 Å². The summed E-state index contributed by atoms with van der Waals surface area (Å²) in [5.74, 6) is 7.11. The van der Waals surface area contributed by atoms with Gasteiger partial charge in [0.2, 0.25) is 0 Å². The molecule has 1 atom stereocenters. The lowest BCUT2D eigenvalue weighted by atomic mass is 9.78. The first-order chi connectivity index (χ1) is 15.7. The van der Waals surface area contributed by atoms with Crippen molar-refractivity contribution in [3.8, 4) is 11.8 Å². The Labute approximate surface area is 192 Å². The minimum absolute atomic E-state index is 0.302. The molecule has 2 N–H and O–H groups in total. The number of benzene rings is 3. The average Bonchev–Trinajstić information content (AvgIpc) is 3.39. The van der Waals surface area contributed by atoms with Crippen LogP contribution >= 0.6 is 0 Å². The fourth-order valence-electron chi connectivity index (χ4n) is 4.95. The van der Waals surface area contributed by atoms with E-state index in [1.807, 2.05) is 18.2 Å². The van der Waals surface area contributed by atoms with Gasteiger partial charge >= 0.3 is 0 Å². The van der Waals surface area contributed by atoms with E-state index in [1.54, 1.807) is 0 Å². The Kier molecular flexibility index (Phi) is 7.77. The first kappa shape index (κ1) is 22.3. The molecule has 32 heavy (non-hydrogen) atoms. The monoisotopic (exact) mass is 424 g/mol. The maximum Gasteiger partial charge on any atom is 0.139 e. The molecule has 4 rings (SSSR count). The van der Waals surface area contributed by atoms with E-state index in [9.17, 15) is 5.11 Å². The fourth-order valence-corrected chi connectivity index (χ4v) is 4.95. The molecule has 3 aromatic carbocycles. The summed E-state index contributed by atoms with van der Waals surface area (Å²) in [6.45, 7) is 2.64. The minimum atomic E-state index is -0.843. The third kappa shape index (κ3) is 5.88. The molecule has 2 heteroatoms. The highest BCUT2D eigenvalue weighted by Crippen LogP contribution is 2.42. The smallest absolute Gasteiger partial charge is 0.139 e. The highest BCUT2D eigenvalue weighted by atomic mass is 16.3. The Morgan fingerprint density at radius 1 is 0.719 bits per heavy atom. The van der Waals surface area contributed by atoms with Crippen molar-refractivity contribution in [1.82, 2.24) is 0 Å². The molecule has 0 aliphatic heterocycles. The standard InChI is InChI=1S/C30H33NO/c32-30(29-20-10-11-21-29,28-18-8-3-9-19-28)22-12-13-23-31(24-26-14-4-1-5-15-26)25-27-16-6-2-7-17-27/h1-9,14-19,29,32H,10-11,20-25H2/p+1/t30-/m0/s1. The highest BCUT2D eigenvalue weighted by molar-refractivity contribution is 5.26. The van der Waals surface area contributed by atoms with E-state index in [2.05, 4.69) is 84.6 Å². The predicted octanol–water partition coefficient (Wildman–Crippen LogP) is 4.74. The molecule has 0 aromatic heterocycles. The second-order valence-electron chi connectivity index (χ2n) is 9.05. The van der Waals surface area contributed by atoms with Gasteiger partial charge in [-0.05, 0) is 30.2 Å². The SMILES string of the molecule is O[C@@](CC#CC[NH+](Cc1ccccc1)Cc1ccccc1)(c1ccccc1)C1CCCC1. The zero-order chi connectivity index (χ0) is 22.1. The summed E-state index contributed by atoms with van der Waals surface area (Å²) in [5, 5.41) is 11.7. The minimum Gasteiger partial charge on any atom is -0.384 e. The lowest BCUT2D eigenvalue weighted by Crippen LogP contribution is -3.09. The Morgan fingerprint density at radius 3 is 1.75 bits per heavy atom. The molecular formula is C30H34NO+. The summed E-state index contributed by atoms with van der Waals surface area (Å²) in [6, 6.07) is 31.4. The average molecular weight is 425 g/mol. The van der Waals surface area contributed by atoms with Crippen LogP contribution in [0.3, 0.4) is 0 Å². The molecule has 1 aliphatic carbocycles. The second-order valence-corrected chi connectivity index (χ2v) is 9.05. The van der Waals surface area contributed by atoms with Crippen molar-refractivity contribution in [2.24, 2.45) is 5.92 Å².